The van der Waals surface area contributed by atoms with Crippen LogP contribution in [0.1, 0.15) is 45.2 Å². The number of thioether (sulfide) groups is 1. The van der Waals surface area contributed by atoms with Crippen molar-refractivity contribution in [2.45, 2.75) is 45.8 Å². The first kappa shape index (κ1) is 15.7. The quantitative estimate of drug-likeness (QED) is 0.735. The van der Waals surface area contributed by atoms with Crippen molar-refractivity contribution in [3.63, 3.8) is 0 Å². The lowest BCUT2D eigenvalue weighted by atomic mass is 10.1. The molecule has 1 unspecified atom stereocenters. The number of rotatable bonds is 9. The Hall–Kier alpha value is -0.670. The molecule has 0 amide bonds. The molecule has 1 aromatic carbocycles. The number of benzene rings is 1. The van der Waals surface area contributed by atoms with Gasteiger partial charge in [0.15, 0.2) is 0 Å². The molecule has 0 saturated heterocycles. The number of nitrogens with one attached hydrogen (secondary N) is 1. The third kappa shape index (κ3) is 5.37. The molecule has 1 N–H and O–H groups in total. The van der Waals surface area contributed by atoms with Gasteiger partial charge in [-0.05, 0) is 48.8 Å². The van der Waals surface area contributed by atoms with Gasteiger partial charge in [-0.2, -0.15) is 11.8 Å². The first-order valence-electron chi connectivity index (χ1n) is 7.76. The van der Waals surface area contributed by atoms with Crippen molar-refractivity contribution in [2.24, 2.45) is 5.92 Å². The van der Waals surface area contributed by atoms with Gasteiger partial charge < -0.3 is 10.1 Å². The molecule has 0 aliphatic heterocycles. The normalized spacial score (nSPS) is 16.4. The van der Waals surface area contributed by atoms with Gasteiger partial charge in [0.25, 0.3) is 0 Å². The summed E-state index contributed by atoms with van der Waals surface area (Å²) in [4.78, 5) is 0. The summed E-state index contributed by atoms with van der Waals surface area (Å²) in [7, 11) is 0. The van der Waals surface area contributed by atoms with Gasteiger partial charge in [0.05, 0.1) is 6.10 Å². The molecule has 3 heteroatoms. The van der Waals surface area contributed by atoms with Gasteiger partial charge in [-0.3, -0.25) is 0 Å². The number of hydrogen-bond acceptors (Lipinski definition) is 3. The van der Waals surface area contributed by atoms with Crippen LogP contribution in [0.15, 0.2) is 24.3 Å². The Kier molecular flexibility index (Phi) is 6.24. The summed E-state index contributed by atoms with van der Waals surface area (Å²) in [6, 6.07) is 9.09. The van der Waals surface area contributed by atoms with Crippen LogP contribution in [-0.4, -0.2) is 24.2 Å². The van der Waals surface area contributed by atoms with Gasteiger partial charge in [0.2, 0.25) is 0 Å². The van der Waals surface area contributed by atoms with Crippen LogP contribution in [0.25, 0.3) is 0 Å². The smallest absolute Gasteiger partial charge is 0.119 e. The van der Waals surface area contributed by atoms with Crippen LogP contribution in [0.3, 0.4) is 0 Å². The van der Waals surface area contributed by atoms with E-state index < -0.39 is 0 Å². The second kappa shape index (κ2) is 7.94. The molecule has 1 saturated carbocycles. The summed E-state index contributed by atoms with van der Waals surface area (Å²) < 4.78 is 5.81. The van der Waals surface area contributed by atoms with Crippen molar-refractivity contribution in [1.29, 1.82) is 0 Å². The second-order valence-corrected chi connectivity index (χ2v) is 7.00. The second-order valence-electron chi connectivity index (χ2n) is 5.93. The molecule has 20 heavy (non-hydrogen) atoms. The Bertz CT molecular complexity index is 386. The molecule has 1 aromatic rings. The van der Waals surface area contributed by atoms with Crippen LogP contribution in [-0.2, 0) is 0 Å². The molecule has 112 valence electrons. The standard InChI is InChI=1S/C17H27NOS/c1-4-18-17(12-20-11-13(2)3)14-5-7-15(8-6-14)19-16-9-10-16/h5-8,13,16-18H,4,9-12H2,1-3H3. The third-order valence-electron chi connectivity index (χ3n) is 3.30. The third-order valence-corrected chi connectivity index (χ3v) is 4.77. The fourth-order valence-electron chi connectivity index (χ4n) is 2.10. The zero-order valence-electron chi connectivity index (χ0n) is 12.9. The van der Waals surface area contributed by atoms with Gasteiger partial charge in [-0.15, -0.1) is 0 Å². The average Bonchev–Trinajstić information content (AvgIpc) is 3.22. The molecule has 1 atom stereocenters. The van der Waals surface area contributed by atoms with Crippen LogP contribution >= 0.6 is 11.8 Å². The molecule has 0 aromatic heterocycles. The maximum atomic E-state index is 5.81. The highest BCUT2D eigenvalue weighted by molar-refractivity contribution is 7.99. The minimum atomic E-state index is 0.443. The summed E-state index contributed by atoms with van der Waals surface area (Å²) in [6.45, 7) is 7.73. The molecule has 0 spiro atoms. The van der Waals surface area contributed by atoms with Gasteiger partial charge in [0.1, 0.15) is 5.75 Å². The minimum absolute atomic E-state index is 0.443. The largest absolute Gasteiger partial charge is 0.490 e. The first-order valence-corrected chi connectivity index (χ1v) is 8.92. The van der Waals surface area contributed by atoms with Gasteiger partial charge in [0, 0.05) is 11.8 Å². The van der Waals surface area contributed by atoms with Crippen LogP contribution in [0.4, 0.5) is 0 Å². The van der Waals surface area contributed by atoms with Crippen LogP contribution < -0.4 is 10.1 Å². The summed E-state index contributed by atoms with van der Waals surface area (Å²) in [5.74, 6) is 4.14. The molecule has 0 radical (unpaired) electrons. The van der Waals surface area contributed by atoms with Crippen molar-refractivity contribution < 1.29 is 4.74 Å². The first-order chi connectivity index (χ1) is 9.69. The summed E-state index contributed by atoms with van der Waals surface area (Å²) >= 11 is 2.04. The summed E-state index contributed by atoms with van der Waals surface area (Å²) in [5.41, 5.74) is 1.37. The highest BCUT2D eigenvalue weighted by atomic mass is 32.2. The lowest BCUT2D eigenvalue weighted by Crippen LogP contribution is -2.23. The Labute approximate surface area is 127 Å². The van der Waals surface area contributed by atoms with Crippen molar-refractivity contribution in [3.05, 3.63) is 29.8 Å². The molecule has 2 nitrogen and oxygen atoms in total. The van der Waals surface area contributed by atoms with Crippen molar-refractivity contribution >= 4 is 11.8 Å². The van der Waals surface area contributed by atoms with Crippen LogP contribution in [0.2, 0.25) is 0 Å². The molecule has 0 heterocycles. The van der Waals surface area contributed by atoms with E-state index >= 15 is 0 Å². The molecular weight excluding hydrogens is 266 g/mol. The van der Waals surface area contributed by atoms with Gasteiger partial charge in [-0.25, -0.2) is 0 Å². The maximum absolute atomic E-state index is 5.81. The molecule has 1 aliphatic carbocycles. The predicted molar refractivity (Wildman–Crippen MR) is 88.7 cm³/mol. The predicted octanol–water partition coefficient (Wildman–Crippen LogP) is 4.27. The Morgan fingerprint density at radius 2 is 1.90 bits per heavy atom. The van der Waals surface area contributed by atoms with E-state index in [1.54, 1.807) is 0 Å². The van der Waals surface area contributed by atoms with E-state index in [4.69, 9.17) is 4.74 Å². The zero-order chi connectivity index (χ0) is 14.4. The van der Waals surface area contributed by atoms with Crippen molar-refractivity contribution in [2.75, 3.05) is 18.1 Å². The molecule has 1 aliphatic rings. The van der Waals surface area contributed by atoms with E-state index in [0.717, 1.165) is 24.0 Å². The van der Waals surface area contributed by atoms with E-state index in [2.05, 4.69) is 50.4 Å². The van der Waals surface area contributed by atoms with E-state index in [1.807, 2.05) is 11.8 Å². The Morgan fingerprint density at radius 1 is 1.20 bits per heavy atom. The number of hydrogen-bond donors (Lipinski definition) is 1. The molecule has 1 fully saturated rings. The molecular formula is C17H27NOS. The van der Waals surface area contributed by atoms with E-state index in [1.165, 1.54) is 24.2 Å². The topological polar surface area (TPSA) is 21.3 Å². The Balaban J connectivity index is 1.89. The summed E-state index contributed by atoms with van der Waals surface area (Å²) in [6.07, 6.45) is 2.91. The highest BCUT2D eigenvalue weighted by Crippen LogP contribution is 2.28. The number of ether oxygens (including phenoxy) is 1. The van der Waals surface area contributed by atoms with E-state index in [0.29, 0.717) is 12.1 Å². The van der Waals surface area contributed by atoms with Crippen LogP contribution in [0, 0.1) is 5.92 Å². The maximum Gasteiger partial charge on any atom is 0.119 e. The molecule has 2 rings (SSSR count). The fraction of sp³-hybridized carbons (Fsp3) is 0.647. The lowest BCUT2D eigenvalue weighted by Gasteiger charge is -2.19. The van der Waals surface area contributed by atoms with E-state index in [9.17, 15) is 0 Å². The molecule has 0 bridgehead atoms. The van der Waals surface area contributed by atoms with Crippen LogP contribution in [0.5, 0.6) is 5.75 Å². The van der Waals surface area contributed by atoms with Crippen molar-refractivity contribution in [1.82, 2.24) is 5.32 Å². The SMILES string of the molecule is CCNC(CSCC(C)C)c1ccc(OC2CC2)cc1. The lowest BCUT2D eigenvalue weighted by molar-refractivity contribution is 0.303. The van der Waals surface area contributed by atoms with E-state index in [-0.39, 0.29) is 0 Å². The minimum Gasteiger partial charge on any atom is -0.490 e. The van der Waals surface area contributed by atoms with Gasteiger partial charge >= 0.3 is 0 Å². The fourth-order valence-corrected chi connectivity index (χ4v) is 3.25. The summed E-state index contributed by atoms with van der Waals surface area (Å²) in [5, 5.41) is 3.58. The average molecular weight is 293 g/mol. The Morgan fingerprint density at radius 3 is 2.45 bits per heavy atom. The van der Waals surface area contributed by atoms with Crippen molar-refractivity contribution in [3.8, 4) is 5.75 Å². The van der Waals surface area contributed by atoms with Gasteiger partial charge in [-0.1, -0.05) is 32.9 Å². The monoisotopic (exact) mass is 293 g/mol. The zero-order valence-corrected chi connectivity index (χ0v) is 13.7. The highest BCUT2D eigenvalue weighted by Gasteiger charge is 2.23.